The smallest absolute Gasteiger partial charge is 0.222 e. The minimum Gasteiger partial charge on any atom is -0.222 e. The fraction of sp³-hybridized carbons (Fsp3) is 0.333. The van der Waals surface area contributed by atoms with Gasteiger partial charge in [-0.3, -0.25) is 0 Å². The van der Waals surface area contributed by atoms with Gasteiger partial charge in [0.15, 0.2) is 8.92 Å². The second-order valence-corrected chi connectivity index (χ2v) is 6.45. The lowest BCUT2D eigenvalue weighted by Gasteiger charge is -1.95. The van der Waals surface area contributed by atoms with E-state index < -0.39 is 14.5 Å². The Morgan fingerprint density at radius 3 is 2.82 bits per heavy atom. The van der Waals surface area contributed by atoms with Crippen LogP contribution in [0.2, 0.25) is 0 Å². The molecule has 0 saturated heterocycles. The SMILES string of the molecule is CC(Cl)S(=O)(=[OH+])c1cccs1. The van der Waals surface area contributed by atoms with Crippen LogP contribution in [-0.4, -0.2) is 13.1 Å². The Labute approximate surface area is 74.7 Å². The first-order valence-corrected chi connectivity index (χ1v) is 5.87. The molecular weight excluding hydrogens is 204 g/mol. The van der Waals surface area contributed by atoms with E-state index in [4.69, 9.17) is 11.6 Å². The molecule has 2 unspecified atom stereocenters. The summed E-state index contributed by atoms with van der Waals surface area (Å²) in [5.74, 6) is 0. The molecule has 0 aliphatic rings. The molecular formula is C6H8ClO2S2+. The minimum absolute atomic E-state index is 0.444. The highest BCUT2D eigenvalue weighted by Crippen LogP contribution is 2.22. The second-order valence-electron chi connectivity index (χ2n) is 2.04. The fourth-order valence-electron chi connectivity index (χ4n) is 0.590. The molecule has 62 valence electrons. The molecule has 0 radical (unpaired) electrons. The van der Waals surface area contributed by atoms with Gasteiger partial charge < -0.3 is 0 Å². The van der Waals surface area contributed by atoms with Crippen molar-refractivity contribution in [2.75, 3.05) is 0 Å². The van der Waals surface area contributed by atoms with Gasteiger partial charge >= 0.3 is 9.84 Å². The number of hydrogen-bond donors (Lipinski definition) is 0. The van der Waals surface area contributed by atoms with Gasteiger partial charge in [-0.05, 0) is 24.4 Å². The van der Waals surface area contributed by atoms with E-state index in [2.05, 4.69) is 0 Å². The van der Waals surface area contributed by atoms with Crippen LogP contribution in [0.15, 0.2) is 21.7 Å². The lowest BCUT2D eigenvalue weighted by molar-refractivity contribution is 0.615. The van der Waals surface area contributed by atoms with Crippen molar-refractivity contribution in [2.24, 2.45) is 0 Å². The summed E-state index contributed by atoms with van der Waals surface area (Å²) < 4.78 is 20.5. The average molecular weight is 212 g/mol. The molecule has 1 heterocycles. The van der Waals surface area contributed by atoms with Gasteiger partial charge in [0.1, 0.15) is 0 Å². The summed E-state index contributed by atoms with van der Waals surface area (Å²) in [7, 11) is -3.00. The minimum atomic E-state index is -3.00. The number of rotatable bonds is 2. The standard InChI is InChI=1S/C6H7ClO2S2/c1-5(7)11(8,9)6-3-2-4-10-6/h2-5H,1H3/p+1. The molecule has 0 bridgehead atoms. The summed E-state index contributed by atoms with van der Waals surface area (Å²) in [6, 6.07) is 3.35. The molecule has 0 amide bonds. The van der Waals surface area contributed by atoms with Gasteiger partial charge in [-0.1, -0.05) is 11.6 Å². The third kappa shape index (κ3) is 1.75. The van der Waals surface area contributed by atoms with Crippen LogP contribution in [0.1, 0.15) is 6.92 Å². The lowest BCUT2D eigenvalue weighted by Crippen LogP contribution is -2.09. The second kappa shape index (κ2) is 3.13. The Bertz CT molecular complexity index is 312. The van der Waals surface area contributed by atoms with E-state index in [0.717, 1.165) is 0 Å². The first kappa shape index (κ1) is 9.03. The normalized spacial score (nSPS) is 19.1. The molecule has 1 aromatic heterocycles. The molecule has 0 saturated carbocycles. The third-order valence-corrected chi connectivity index (χ3v) is 5.21. The van der Waals surface area contributed by atoms with Gasteiger partial charge in [0.05, 0.1) is 0 Å². The summed E-state index contributed by atoms with van der Waals surface area (Å²) in [4.78, 5) is 0. The zero-order chi connectivity index (χ0) is 8.48. The van der Waals surface area contributed by atoms with Crippen LogP contribution in [0.5, 0.6) is 0 Å². The Kier molecular flexibility index (Phi) is 2.57. The topological polar surface area (TPSA) is 38.5 Å². The molecule has 0 aromatic carbocycles. The maximum atomic E-state index is 11.4. The number of hydrogen-bond acceptors (Lipinski definition) is 2. The highest BCUT2D eigenvalue weighted by molar-refractivity contribution is 7.95. The highest BCUT2D eigenvalue weighted by Gasteiger charge is 2.27. The lowest BCUT2D eigenvalue weighted by atomic mass is 10.7. The zero-order valence-corrected chi connectivity index (χ0v) is 8.25. The summed E-state index contributed by atoms with van der Waals surface area (Å²) in [6.45, 7) is 1.52. The van der Waals surface area contributed by atoms with Crippen molar-refractivity contribution in [1.29, 1.82) is 0 Å². The largest absolute Gasteiger partial charge is 0.328 e. The van der Waals surface area contributed by atoms with E-state index in [9.17, 15) is 8.42 Å². The molecule has 1 N–H and O–H groups in total. The third-order valence-electron chi connectivity index (χ3n) is 1.22. The van der Waals surface area contributed by atoms with Gasteiger partial charge in [0.25, 0.3) is 0 Å². The van der Waals surface area contributed by atoms with Crippen molar-refractivity contribution in [2.45, 2.75) is 15.8 Å². The Morgan fingerprint density at radius 2 is 2.45 bits per heavy atom. The molecule has 11 heavy (non-hydrogen) atoms. The Balaban J connectivity index is 3.12. The van der Waals surface area contributed by atoms with Gasteiger partial charge in [-0.2, -0.15) is 4.21 Å². The van der Waals surface area contributed by atoms with Gasteiger partial charge in [0.2, 0.25) is 0 Å². The summed E-state index contributed by atoms with van der Waals surface area (Å²) in [5.41, 5.74) is 0. The van der Waals surface area contributed by atoms with E-state index in [-0.39, 0.29) is 0 Å². The van der Waals surface area contributed by atoms with Gasteiger partial charge in [-0.25, -0.2) is 4.21 Å². The van der Waals surface area contributed by atoms with Crippen LogP contribution in [0.3, 0.4) is 0 Å². The Hall–Kier alpha value is -0.0600. The van der Waals surface area contributed by atoms with Crippen molar-refractivity contribution in [3.8, 4) is 0 Å². The van der Waals surface area contributed by atoms with Gasteiger partial charge in [-0.15, -0.1) is 11.3 Å². The van der Waals surface area contributed by atoms with E-state index >= 15 is 0 Å². The van der Waals surface area contributed by atoms with E-state index in [1.807, 2.05) is 0 Å². The molecule has 2 atom stereocenters. The van der Waals surface area contributed by atoms with Crippen LogP contribution in [0.25, 0.3) is 0 Å². The van der Waals surface area contributed by atoms with Crippen LogP contribution in [0.4, 0.5) is 0 Å². The zero-order valence-electron chi connectivity index (χ0n) is 5.86. The fourth-order valence-corrected chi connectivity index (χ4v) is 3.23. The molecule has 0 spiro atoms. The maximum Gasteiger partial charge on any atom is 0.328 e. The first-order valence-electron chi connectivity index (χ1n) is 2.98. The summed E-state index contributed by atoms with van der Waals surface area (Å²) >= 11 is 6.79. The molecule has 0 aliphatic carbocycles. The average Bonchev–Trinajstić information content (AvgIpc) is 2.37. The van der Waals surface area contributed by atoms with Gasteiger partial charge in [0, 0.05) is 0 Å². The van der Waals surface area contributed by atoms with E-state index in [0.29, 0.717) is 4.21 Å². The quantitative estimate of drug-likeness (QED) is 0.546. The van der Waals surface area contributed by atoms with Crippen molar-refractivity contribution in [3.63, 3.8) is 0 Å². The number of halogens is 1. The molecule has 5 heteroatoms. The van der Waals surface area contributed by atoms with Crippen LogP contribution < -0.4 is 0 Å². The maximum absolute atomic E-state index is 11.4. The molecule has 2 nitrogen and oxygen atoms in total. The van der Waals surface area contributed by atoms with E-state index in [1.54, 1.807) is 17.5 Å². The molecule has 1 rings (SSSR count). The van der Waals surface area contributed by atoms with Crippen molar-refractivity contribution in [1.82, 2.24) is 0 Å². The van der Waals surface area contributed by atoms with Crippen LogP contribution >= 0.6 is 22.9 Å². The van der Waals surface area contributed by atoms with Crippen LogP contribution in [0, 0.1) is 0 Å². The predicted octanol–water partition coefficient (Wildman–Crippen LogP) is 2.26. The number of thiophene rings is 1. The molecule has 0 aliphatic heterocycles. The summed E-state index contributed by atoms with van der Waals surface area (Å²) in [6.07, 6.45) is 0. The van der Waals surface area contributed by atoms with Crippen molar-refractivity contribution < 1.29 is 8.42 Å². The van der Waals surface area contributed by atoms with Crippen molar-refractivity contribution >= 4 is 32.8 Å². The first-order chi connectivity index (χ1) is 5.05. The van der Waals surface area contributed by atoms with Crippen molar-refractivity contribution in [3.05, 3.63) is 17.5 Å². The number of alkyl halides is 1. The Morgan fingerprint density at radius 1 is 1.82 bits per heavy atom. The summed E-state index contributed by atoms with van der Waals surface area (Å²) in [5, 5.41) is 1.75. The highest BCUT2D eigenvalue weighted by atomic mass is 35.5. The van der Waals surface area contributed by atoms with E-state index in [1.165, 1.54) is 18.3 Å². The molecule has 0 fully saturated rings. The van der Waals surface area contributed by atoms with Crippen LogP contribution in [-0.2, 0) is 9.84 Å². The molecule has 1 aromatic rings. The monoisotopic (exact) mass is 211 g/mol. The predicted molar refractivity (Wildman–Crippen MR) is 48.0 cm³/mol.